The molecule has 6 nitrogen and oxygen atoms in total. The van der Waals surface area contributed by atoms with Crippen molar-refractivity contribution < 1.29 is 14.4 Å². The Morgan fingerprint density at radius 2 is 1.79 bits per heavy atom. The molecule has 1 atom stereocenters. The molecule has 1 unspecified atom stereocenters. The van der Waals surface area contributed by atoms with Crippen molar-refractivity contribution in [2.75, 3.05) is 11.4 Å². The Hall–Kier alpha value is -3.15. The van der Waals surface area contributed by atoms with Gasteiger partial charge in [-0.05, 0) is 29.7 Å². The Labute approximate surface area is 164 Å². The topological polar surface area (TPSA) is 78.5 Å². The third-order valence-corrected chi connectivity index (χ3v) is 4.78. The van der Waals surface area contributed by atoms with Gasteiger partial charge in [0.15, 0.2) is 0 Å². The monoisotopic (exact) mass is 379 g/mol. The summed E-state index contributed by atoms with van der Waals surface area (Å²) in [6, 6.07) is 16.8. The molecular formula is C22H25N3O3. The minimum Gasteiger partial charge on any atom is -0.352 e. The smallest absolute Gasteiger partial charge is 0.227 e. The van der Waals surface area contributed by atoms with Crippen molar-refractivity contribution in [2.24, 2.45) is 0 Å². The van der Waals surface area contributed by atoms with Crippen molar-refractivity contribution in [3.8, 4) is 0 Å². The van der Waals surface area contributed by atoms with Gasteiger partial charge in [0.25, 0.3) is 0 Å². The molecule has 1 fully saturated rings. The number of nitrogens with one attached hydrogen (secondary N) is 2. The van der Waals surface area contributed by atoms with Gasteiger partial charge in [0, 0.05) is 32.1 Å². The maximum Gasteiger partial charge on any atom is 0.227 e. The average molecular weight is 379 g/mol. The standard InChI is InChI=1S/C22H25N3O3/c1-16(26)24-20(18-6-3-2-4-7-18)14-21(27)23-15-17-9-11-19(12-10-17)25-13-5-8-22(25)28/h2-4,6-7,9-12,20H,5,8,13-15H2,1H3,(H,23,27)(H,24,26). The summed E-state index contributed by atoms with van der Waals surface area (Å²) < 4.78 is 0. The summed E-state index contributed by atoms with van der Waals surface area (Å²) in [5.41, 5.74) is 2.75. The molecule has 6 heteroatoms. The van der Waals surface area contributed by atoms with E-state index in [0.29, 0.717) is 13.0 Å². The summed E-state index contributed by atoms with van der Waals surface area (Å²) in [4.78, 5) is 37.5. The van der Waals surface area contributed by atoms with Gasteiger partial charge < -0.3 is 15.5 Å². The molecule has 0 spiro atoms. The summed E-state index contributed by atoms with van der Waals surface area (Å²) in [6.07, 6.45) is 1.67. The molecule has 0 aromatic heterocycles. The number of anilines is 1. The lowest BCUT2D eigenvalue weighted by Crippen LogP contribution is -2.32. The van der Waals surface area contributed by atoms with E-state index in [0.717, 1.165) is 29.8 Å². The number of benzene rings is 2. The second kappa shape index (κ2) is 9.17. The van der Waals surface area contributed by atoms with Gasteiger partial charge in [-0.1, -0.05) is 42.5 Å². The van der Waals surface area contributed by atoms with Crippen molar-refractivity contribution >= 4 is 23.4 Å². The Balaban J connectivity index is 1.55. The van der Waals surface area contributed by atoms with Crippen LogP contribution in [-0.4, -0.2) is 24.3 Å². The quantitative estimate of drug-likeness (QED) is 0.776. The largest absolute Gasteiger partial charge is 0.352 e. The van der Waals surface area contributed by atoms with Gasteiger partial charge in [-0.2, -0.15) is 0 Å². The molecule has 3 amide bonds. The van der Waals surface area contributed by atoms with Gasteiger partial charge >= 0.3 is 0 Å². The van der Waals surface area contributed by atoms with Crippen LogP contribution in [0.15, 0.2) is 54.6 Å². The van der Waals surface area contributed by atoms with E-state index in [2.05, 4.69) is 10.6 Å². The maximum absolute atomic E-state index is 12.4. The van der Waals surface area contributed by atoms with Crippen LogP contribution in [0.25, 0.3) is 0 Å². The van der Waals surface area contributed by atoms with E-state index >= 15 is 0 Å². The predicted molar refractivity (Wildman–Crippen MR) is 107 cm³/mol. The Morgan fingerprint density at radius 1 is 1.07 bits per heavy atom. The molecule has 2 aromatic rings. The molecule has 0 radical (unpaired) electrons. The van der Waals surface area contributed by atoms with E-state index in [-0.39, 0.29) is 30.2 Å². The fourth-order valence-electron chi connectivity index (χ4n) is 3.36. The summed E-state index contributed by atoms with van der Waals surface area (Å²) in [7, 11) is 0. The molecule has 2 N–H and O–H groups in total. The number of amides is 3. The maximum atomic E-state index is 12.4. The van der Waals surface area contributed by atoms with Crippen LogP contribution in [0.3, 0.4) is 0 Å². The number of hydrogen-bond donors (Lipinski definition) is 2. The molecule has 2 aromatic carbocycles. The summed E-state index contributed by atoms with van der Waals surface area (Å²) >= 11 is 0. The molecule has 146 valence electrons. The fourth-order valence-corrected chi connectivity index (χ4v) is 3.36. The molecule has 1 aliphatic rings. The molecule has 1 saturated heterocycles. The molecule has 0 aliphatic carbocycles. The van der Waals surface area contributed by atoms with Crippen LogP contribution in [-0.2, 0) is 20.9 Å². The van der Waals surface area contributed by atoms with Gasteiger partial charge in [-0.25, -0.2) is 0 Å². The number of hydrogen-bond acceptors (Lipinski definition) is 3. The van der Waals surface area contributed by atoms with E-state index in [4.69, 9.17) is 0 Å². The second-order valence-corrected chi connectivity index (χ2v) is 6.96. The number of carbonyl (C=O) groups excluding carboxylic acids is 3. The first-order valence-electron chi connectivity index (χ1n) is 9.51. The molecular weight excluding hydrogens is 354 g/mol. The summed E-state index contributed by atoms with van der Waals surface area (Å²) in [6.45, 7) is 2.61. The van der Waals surface area contributed by atoms with Crippen LogP contribution in [0, 0.1) is 0 Å². The highest BCUT2D eigenvalue weighted by molar-refractivity contribution is 5.95. The highest BCUT2D eigenvalue weighted by Crippen LogP contribution is 2.21. The number of carbonyl (C=O) groups is 3. The van der Waals surface area contributed by atoms with E-state index in [1.807, 2.05) is 54.6 Å². The molecule has 1 heterocycles. The van der Waals surface area contributed by atoms with Crippen LogP contribution < -0.4 is 15.5 Å². The first-order chi connectivity index (χ1) is 13.5. The first kappa shape index (κ1) is 19.6. The number of rotatable bonds is 7. The Kier molecular flexibility index (Phi) is 6.42. The van der Waals surface area contributed by atoms with Gasteiger partial charge in [-0.15, -0.1) is 0 Å². The zero-order chi connectivity index (χ0) is 19.9. The fraction of sp³-hybridized carbons (Fsp3) is 0.318. The third kappa shape index (κ3) is 5.19. The normalized spacial score (nSPS) is 14.6. The summed E-state index contributed by atoms with van der Waals surface area (Å²) in [5, 5.41) is 5.73. The Morgan fingerprint density at radius 3 is 2.39 bits per heavy atom. The van der Waals surface area contributed by atoms with Gasteiger partial charge in [-0.3, -0.25) is 14.4 Å². The van der Waals surface area contributed by atoms with Crippen LogP contribution in [0.2, 0.25) is 0 Å². The highest BCUT2D eigenvalue weighted by Gasteiger charge is 2.21. The highest BCUT2D eigenvalue weighted by atomic mass is 16.2. The van der Waals surface area contributed by atoms with Crippen LogP contribution in [0.4, 0.5) is 5.69 Å². The van der Waals surface area contributed by atoms with Gasteiger partial charge in [0.1, 0.15) is 0 Å². The zero-order valence-electron chi connectivity index (χ0n) is 16.0. The minimum absolute atomic E-state index is 0.138. The second-order valence-electron chi connectivity index (χ2n) is 6.96. The Bertz CT molecular complexity index is 834. The van der Waals surface area contributed by atoms with E-state index in [9.17, 15) is 14.4 Å². The van der Waals surface area contributed by atoms with E-state index < -0.39 is 0 Å². The predicted octanol–water partition coefficient (Wildman–Crippen LogP) is 2.70. The zero-order valence-corrected chi connectivity index (χ0v) is 16.0. The summed E-state index contributed by atoms with van der Waals surface area (Å²) in [5.74, 6) is -0.152. The van der Waals surface area contributed by atoms with Crippen molar-refractivity contribution in [3.63, 3.8) is 0 Å². The molecule has 3 rings (SSSR count). The van der Waals surface area contributed by atoms with Crippen LogP contribution in [0.1, 0.15) is 43.4 Å². The SMILES string of the molecule is CC(=O)NC(CC(=O)NCc1ccc(N2CCCC2=O)cc1)c1ccccc1. The molecule has 0 saturated carbocycles. The first-order valence-corrected chi connectivity index (χ1v) is 9.51. The third-order valence-electron chi connectivity index (χ3n) is 4.78. The van der Waals surface area contributed by atoms with Crippen molar-refractivity contribution in [1.29, 1.82) is 0 Å². The molecule has 1 aliphatic heterocycles. The van der Waals surface area contributed by atoms with Gasteiger partial charge in [0.05, 0.1) is 12.5 Å². The lowest BCUT2D eigenvalue weighted by Gasteiger charge is -2.18. The van der Waals surface area contributed by atoms with E-state index in [1.54, 1.807) is 4.90 Å². The van der Waals surface area contributed by atoms with E-state index in [1.165, 1.54) is 6.92 Å². The number of nitrogens with zero attached hydrogens (tertiary/aromatic N) is 1. The van der Waals surface area contributed by atoms with Gasteiger partial charge in [0.2, 0.25) is 17.7 Å². The van der Waals surface area contributed by atoms with Crippen molar-refractivity contribution in [3.05, 3.63) is 65.7 Å². The lowest BCUT2D eigenvalue weighted by atomic mass is 10.0. The van der Waals surface area contributed by atoms with Crippen LogP contribution in [0.5, 0.6) is 0 Å². The van der Waals surface area contributed by atoms with Crippen molar-refractivity contribution in [2.45, 2.75) is 38.8 Å². The lowest BCUT2D eigenvalue weighted by molar-refractivity contribution is -0.123. The molecule has 28 heavy (non-hydrogen) atoms. The van der Waals surface area contributed by atoms with Crippen LogP contribution >= 0.6 is 0 Å². The minimum atomic E-state index is -0.359. The molecule has 0 bridgehead atoms. The van der Waals surface area contributed by atoms with Crippen molar-refractivity contribution in [1.82, 2.24) is 10.6 Å². The average Bonchev–Trinajstić information content (AvgIpc) is 3.12.